The molecular weight excluding hydrogens is 1710 g/mol. The summed E-state index contributed by atoms with van der Waals surface area (Å²) in [6.45, 7) is 9.03. The molecule has 6 heterocycles. The van der Waals surface area contributed by atoms with Crippen molar-refractivity contribution in [3.8, 4) is 11.1 Å². The molecule has 0 atom stereocenters. The van der Waals surface area contributed by atoms with Crippen molar-refractivity contribution in [1.82, 2.24) is 0 Å². The molecule has 0 spiro atoms. The molecule has 0 N–H and O–H groups in total. The summed E-state index contributed by atoms with van der Waals surface area (Å²) in [4.78, 5) is 9.73. The van der Waals surface area contributed by atoms with Crippen LogP contribution in [0.15, 0.2) is 403 Å². The highest BCUT2D eigenvalue weighted by Gasteiger charge is 2.33. The number of fused-ring (bicyclic) bond motifs is 26. The zero-order valence-corrected chi connectivity index (χ0v) is 78.4. The summed E-state index contributed by atoms with van der Waals surface area (Å²) >= 11 is 0. The topological polar surface area (TPSA) is 91.8 Å². The van der Waals surface area contributed by atoms with Gasteiger partial charge in [-0.15, -0.1) is 0 Å². The Morgan fingerprint density at radius 1 is 0.186 bits per heavy atom. The van der Waals surface area contributed by atoms with Crippen LogP contribution in [-0.4, -0.2) is 0 Å². The van der Waals surface area contributed by atoms with Crippen LogP contribution in [0, 0.1) is 0 Å². The molecule has 0 unspecified atom stereocenters. The molecule has 28 rings (SSSR count). The smallest absolute Gasteiger partial charge is 0.159 e. The average molecular weight is 1810 g/mol. The average Bonchev–Trinajstić information content (AvgIpc) is 1.54. The fraction of sp³-hybridized carbons (Fsp3) is 0.138. The van der Waals surface area contributed by atoms with Gasteiger partial charge >= 0.3 is 0 Å². The van der Waals surface area contributed by atoms with Crippen molar-refractivity contribution < 1.29 is 26.5 Å². The molecule has 2 aliphatic rings. The summed E-state index contributed by atoms with van der Waals surface area (Å²) in [5, 5.41) is 20.4. The van der Waals surface area contributed by atoms with Crippen molar-refractivity contribution >= 4 is 243 Å². The Morgan fingerprint density at radius 2 is 0.436 bits per heavy atom. The van der Waals surface area contributed by atoms with E-state index in [2.05, 4.69) is 417 Å². The van der Waals surface area contributed by atoms with E-state index >= 15 is 0 Å². The van der Waals surface area contributed by atoms with Crippen molar-refractivity contribution in [2.45, 2.75) is 116 Å². The first-order valence-electron chi connectivity index (χ1n) is 50.0. The lowest BCUT2D eigenvalue weighted by Gasteiger charge is -2.28. The van der Waals surface area contributed by atoms with Crippen LogP contribution in [0.3, 0.4) is 0 Å². The minimum atomic E-state index is 0.305. The summed E-state index contributed by atoms with van der Waals surface area (Å²) in [5.41, 5.74) is 28.8. The van der Waals surface area contributed by atoms with Crippen LogP contribution in [0.5, 0.6) is 0 Å². The van der Waals surface area contributed by atoms with E-state index in [1.807, 2.05) is 6.07 Å². The van der Waals surface area contributed by atoms with Gasteiger partial charge in [0.15, 0.2) is 22.3 Å². The Labute approximate surface area is 808 Å². The van der Waals surface area contributed by atoms with Gasteiger partial charge < -0.3 is 46.1 Å². The standard InChI is InChI=1S/C130H98N4O6/c1-77(2)79-51-61-87(62-52-79)131(111-44-23-40-101-95-34-17-20-48-119(95)135-127(101)111)115-73-107-108-74-116(92-32-12-15-38-99(92)124(108)139-123(107)98-37-14-11-31-91(98)115)132(88-63-53-80(54-64-88)78(3)4)114-47-26-43-104-105-71-86(60-70-122(105)138-130(104)114)85-59-69-94-106(72-85)126-110(76-118(94)134(90-67-57-84(58-68-90)82-29-9-6-10-30-82)113-46-25-42-103-97-36-19-22-50-121(97)137-129(103)113)109-75-117(93-33-13-16-39-100(93)125(109)140-126)133(89-65-55-83(56-66-89)81-27-7-5-8-28-81)112-45-24-41-102-96-35-18-21-49-120(96)136-128(102)112/h11-26,31-78,81-82H,5-10,27-30H2,1-4H3. The monoisotopic (exact) mass is 1810 g/mol. The van der Waals surface area contributed by atoms with Gasteiger partial charge in [0.25, 0.3) is 0 Å². The number of hydrogen-bond donors (Lipinski definition) is 0. The number of anilines is 12. The summed E-state index contributed by atoms with van der Waals surface area (Å²) < 4.78 is 44.1. The molecule has 0 bridgehead atoms. The van der Waals surface area contributed by atoms with E-state index < -0.39 is 0 Å². The van der Waals surface area contributed by atoms with E-state index in [0.29, 0.717) is 23.7 Å². The van der Waals surface area contributed by atoms with Crippen molar-refractivity contribution in [1.29, 1.82) is 0 Å². The SMILES string of the molecule is CC(C)c1ccc(N(c2cc3c4cc(N(c5ccc(C(C)C)cc5)c5cccc6c5oc5ccc(-c7ccc8c(N(c9ccc(C%10CCCCC%10)cc9)c9cccc%10c9oc9ccccc9%10)cc9c%10cc(N(c%11ccc(C%12CCCCC%12)cc%11)c%11cccc%12c%11oc%11ccccc%11%12)c%11ccccc%11c%10oc9c8c7)cc56)c5ccccc5c4oc3c3ccccc23)c2cccc3c2oc2ccccc23)cc1. The van der Waals surface area contributed by atoms with Crippen LogP contribution >= 0.6 is 0 Å². The minimum absolute atomic E-state index is 0.305. The van der Waals surface area contributed by atoms with Gasteiger partial charge in [-0.25, -0.2) is 0 Å². The summed E-state index contributed by atoms with van der Waals surface area (Å²) in [5.74, 6) is 1.70. The molecule has 2 aliphatic carbocycles. The third-order valence-electron chi connectivity index (χ3n) is 31.0. The normalized spacial score (nSPS) is 13.8. The van der Waals surface area contributed by atoms with Crippen LogP contribution in [0.1, 0.15) is 138 Å². The molecule has 0 aliphatic heterocycles. The highest BCUT2D eigenvalue weighted by molar-refractivity contribution is 6.29. The number of para-hydroxylation sites is 7. The van der Waals surface area contributed by atoms with Gasteiger partial charge in [0.05, 0.1) is 45.5 Å². The predicted molar refractivity (Wildman–Crippen MR) is 584 cm³/mol. The quantitative estimate of drug-likeness (QED) is 0.0878. The van der Waals surface area contributed by atoms with E-state index in [4.69, 9.17) is 26.5 Å². The van der Waals surface area contributed by atoms with E-state index in [0.717, 1.165) is 254 Å². The largest absolute Gasteiger partial charge is 0.455 e. The second-order valence-electron chi connectivity index (χ2n) is 39.6. The first-order chi connectivity index (χ1) is 69.1. The van der Waals surface area contributed by atoms with Gasteiger partial charge in [-0.1, -0.05) is 309 Å². The fourth-order valence-corrected chi connectivity index (χ4v) is 23.9. The molecule has 2 fully saturated rings. The molecule has 10 heteroatoms. The third kappa shape index (κ3) is 13.0. The van der Waals surface area contributed by atoms with E-state index in [-0.39, 0.29) is 0 Å². The van der Waals surface area contributed by atoms with Crippen LogP contribution in [-0.2, 0) is 0 Å². The van der Waals surface area contributed by atoms with Gasteiger partial charge in [0, 0.05) is 130 Å². The zero-order valence-electron chi connectivity index (χ0n) is 78.4. The summed E-state index contributed by atoms with van der Waals surface area (Å²) in [7, 11) is 0. The lowest BCUT2D eigenvalue weighted by molar-refractivity contribution is 0.443. The lowest BCUT2D eigenvalue weighted by Crippen LogP contribution is -2.12. The van der Waals surface area contributed by atoms with Gasteiger partial charge in [-0.2, -0.15) is 0 Å². The maximum atomic E-state index is 7.85. The number of benzene rings is 20. The first kappa shape index (κ1) is 81.8. The molecule has 10 nitrogen and oxygen atoms in total. The number of hydrogen-bond acceptors (Lipinski definition) is 10. The van der Waals surface area contributed by atoms with Crippen LogP contribution in [0.2, 0.25) is 0 Å². The second-order valence-corrected chi connectivity index (χ2v) is 39.6. The molecule has 0 saturated heterocycles. The minimum Gasteiger partial charge on any atom is -0.455 e. The molecule has 0 radical (unpaired) electrons. The highest BCUT2D eigenvalue weighted by Crippen LogP contribution is 2.57. The Bertz CT molecular complexity index is 9500. The van der Waals surface area contributed by atoms with Crippen LogP contribution in [0.4, 0.5) is 68.2 Å². The first-order valence-corrected chi connectivity index (χ1v) is 50.0. The second kappa shape index (κ2) is 32.6. The fourth-order valence-electron chi connectivity index (χ4n) is 23.9. The van der Waals surface area contributed by atoms with E-state index in [1.165, 1.54) is 86.5 Å². The summed E-state index contributed by atoms with van der Waals surface area (Å²) in [6.07, 6.45) is 12.4. The number of rotatable bonds is 17. The molecule has 0 amide bonds. The lowest BCUT2D eigenvalue weighted by atomic mass is 9.84. The van der Waals surface area contributed by atoms with E-state index in [1.54, 1.807) is 0 Å². The zero-order chi connectivity index (χ0) is 92.6. The maximum Gasteiger partial charge on any atom is 0.159 e. The Balaban J connectivity index is 0.652. The van der Waals surface area contributed by atoms with Crippen molar-refractivity contribution in [3.63, 3.8) is 0 Å². The predicted octanol–water partition coefficient (Wildman–Crippen LogP) is 39.6. The van der Waals surface area contributed by atoms with Crippen LogP contribution in [0.25, 0.3) is 186 Å². The number of furan rings is 6. The third-order valence-corrected chi connectivity index (χ3v) is 31.0. The molecular formula is C130H98N4O6. The maximum absolute atomic E-state index is 7.85. The molecule has 674 valence electrons. The summed E-state index contributed by atoms with van der Waals surface area (Å²) in [6, 6.07) is 138. The molecule has 140 heavy (non-hydrogen) atoms. The number of nitrogens with zero attached hydrogens (tertiary/aromatic N) is 4. The van der Waals surface area contributed by atoms with Gasteiger partial charge in [0.2, 0.25) is 0 Å². The van der Waals surface area contributed by atoms with Crippen LogP contribution < -0.4 is 19.6 Å². The molecule has 26 aromatic rings. The van der Waals surface area contributed by atoms with Crippen molar-refractivity contribution in [3.05, 3.63) is 398 Å². The Hall–Kier alpha value is -16.6. The van der Waals surface area contributed by atoms with E-state index in [9.17, 15) is 0 Å². The molecule has 2 saturated carbocycles. The Kier molecular flexibility index (Phi) is 19.0. The van der Waals surface area contributed by atoms with Crippen molar-refractivity contribution in [2.75, 3.05) is 19.6 Å². The van der Waals surface area contributed by atoms with Gasteiger partial charge in [-0.05, 0) is 216 Å². The van der Waals surface area contributed by atoms with Gasteiger partial charge in [0.1, 0.15) is 44.7 Å². The highest BCUT2D eigenvalue weighted by atomic mass is 16.4. The molecule has 6 aromatic heterocycles. The van der Waals surface area contributed by atoms with Gasteiger partial charge in [-0.3, -0.25) is 0 Å². The van der Waals surface area contributed by atoms with Crippen molar-refractivity contribution in [2.24, 2.45) is 0 Å². The Morgan fingerprint density at radius 3 is 0.771 bits per heavy atom. The molecule has 20 aromatic carbocycles.